The largest absolute Gasteiger partial charge is 0.493 e. The molecule has 21 heavy (non-hydrogen) atoms. The van der Waals surface area contributed by atoms with Gasteiger partial charge in [0.2, 0.25) is 0 Å². The van der Waals surface area contributed by atoms with Crippen molar-refractivity contribution in [3.05, 3.63) is 29.6 Å². The van der Waals surface area contributed by atoms with E-state index in [9.17, 15) is 4.39 Å². The van der Waals surface area contributed by atoms with Crippen LogP contribution < -0.4 is 10.5 Å². The Morgan fingerprint density at radius 2 is 2.10 bits per heavy atom. The van der Waals surface area contributed by atoms with Gasteiger partial charge in [-0.25, -0.2) is 4.39 Å². The number of halogens is 1. The molecule has 2 N–H and O–H groups in total. The number of hydrogen-bond donors (Lipinski definition) is 1. The lowest BCUT2D eigenvalue weighted by Crippen LogP contribution is -2.21. The molecule has 0 aromatic heterocycles. The Balaban J connectivity index is 2.54. The van der Waals surface area contributed by atoms with Gasteiger partial charge in [0.15, 0.2) is 0 Å². The van der Waals surface area contributed by atoms with Crippen LogP contribution in [0.4, 0.5) is 4.39 Å². The summed E-state index contributed by atoms with van der Waals surface area (Å²) in [6.45, 7) is 6.30. The first kappa shape index (κ1) is 17.5. The minimum Gasteiger partial charge on any atom is -0.493 e. The standard InChI is InChI=1S/C17H25FN2O/c1-4-15(20)9-13-8-14(18)11-16(10-13)21-7-5-6-17(2,3)12-19/h8,10-11,15H,4-7,9,20H2,1-3H3. The first-order valence-electron chi connectivity index (χ1n) is 7.45. The molecule has 0 aliphatic rings. The van der Waals surface area contributed by atoms with Crippen molar-refractivity contribution in [2.45, 2.75) is 52.5 Å². The molecule has 0 aliphatic heterocycles. The summed E-state index contributed by atoms with van der Waals surface area (Å²) in [4.78, 5) is 0. The van der Waals surface area contributed by atoms with Crippen molar-refractivity contribution in [1.82, 2.24) is 0 Å². The Bertz CT molecular complexity index is 494. The normalized spacial score (nSPS) is 12.8. The summed E-state index contributed by atoms with van der Waals surface area (Å²) < 4.78 is 19.2. The Labute approximate surface area is 126 Å². The molecular weight excluding hydrogens is 267 g/mol. The van der Waals surface area contributed by atoms with Crippen LogP contribution in [0.5, 0.6) is 5.75 Å². The summed E-state index contributed by atoms with van der Waals surface area (Å²) in [6.07, 6.45) is 3.02. The molecule has 1 rings (SSSR count). The lowest BCUT2D eigenvalue weighted by Gasteiger charge is -2.15. The van der Waals surface area contributed by atoms with Crippen LogP contribution in [0, 0.1) is 22.6 Å². The van der Waals surface area contributed by atoms with Gasteiger partial charge >= 0.3 is 0 Å². The van der Waals surface area contributed by atoms with Crippen molar-refractivity contribution in [3.8, 4) is 11.8 Å². The van der Waals surface area contributed by atoms with Crippen molar-refractivity contribution >= 4 is 0 Å². The van der Waals surface area contributed by atoms with E-state index in [1.165, 1.54) is 12.1 Å². The van der Waals surface area contributed by atoms with E-state index in [1.54, 1.807) is 0 Å². The SMILES string of the molecule is CCC(N)Cc1cc(F)cc(OCCCC(C)(C)C#N)c1. The zero-order chi connectivity index (χ0) is 15.9. The molecule has 0 aliphatic carbocycles. The molecule has 1 aromatic rings. The maximum absolute atomic E-state index is 13.6. The predicted octanol–water partition coefficient (Wildman–Crippen LogP) is 3.81. The topological polar surface area (TPSA) is 59.0 Å². The van der Waals surface area contributed by atoms with Crippen molar-refractivity contribution < 1.29 is 9.13 Å². The van der Waals surface area contributed by atoms with Gasteiger partial charge in [-0.05, 0) is 57.2 Å². The minimum absolute atomic E-state index is 0.0380. The van der Waals surface area contributed by atoms with Crippen molar-refractivity contribution in [2.24, 2.45) is 11.1 Å². The maximum atomic E-state index is 13.6. The summed E-state index contributed by atoms with van der Waals surface area (Å²) >= 11 is 0. The zero-order valence-electron chi connectivity index (χ0n) is 13.2. The van der Waals surface area contributed by atoms with Gasteiger partial charge in [0.05, 0.1) is 18.1 Å². The Kier molecular flexibility index (Phi) is 6.64. The van der Waals surface area contributed by atoms with Gasteiger partial charge < -0.3 is 10.5 Å². The van der Waals surface area contributed by atoms with Gasteiger partial charge in [-0.2, -0.15) is 5.26 Å². The fraction of sp³-hybridized carbons (Fsp3) is 0.588. The number of nitrogens with two attached hydrogens (primary N) is 1. The summed E-state index contributed by atoms with van der Waals surface area (Å²) in [5.41, 5.74) is 6.41. The third-order valence-electron chi connectivity index (χ3n) is 3.47. The van der Waals surface area contributed by atoms with E-state index in [1.807, 2.05) is 26.8 Å². The molecule has 3 nitrogen and oxygen atoms in total. The van der Waals surface area contributed by atoms with Crippen molar-refractivity contribution in [3.63, 3.8) is 0 Å². The molecule has 4 heteroatoms. The number of nitriles is 1. The summed E-state index contributed by atoms with van der Waals surface area (Å²) in [5.74, 6) is 0.228. The average molecular weight is 292 g/mol. The third kappa shape index (κ3) is 6.59. The molecule has 116 valence electrons. The molecule has 0 heterocycles. The second-order valence-electron chi connectivity index (χ2n) is 6.12. The Morgan fingerprint density at radius 1 is 1.38 bits per heavy atom. The average Bonchev–Trinajstić information content (AvgIpc) is 2.43. The van der Waals surface area contributed by atoms with Gasteiger partial charge in [-0.1, -0.05) is 6.92 Å². The quantitative estimate of drug-likeness (QED) is 0.741. The zero-order valence-corrected chi connectivity index (χ0v) is 13.2. The van der Waals surface area contributed by atoms with Crippen molar-refractivity contribution in [2.75, 3.05) is 6.61 Å². The van der Waals surface area contributed by atoms with Crippen LogP contribution in [-0.2, 0) is 6.42 Å². The Morgan fingerprint density at radius 3 is 2.71 bits per heavy atom. The highest BCUT2D eigenvalue weighted by Crippen LogP contribution is 2.22. The second kappa shape index (κ2) is 7.99. The van der Waals surface area contributed by atoms with E-state index >= 15 is 0 Å². The van der Waals surface area contributed by atoms with Gasteiger partial charge in [0.25, 0.3) is 0 Å². The molecule has 0 fully saturated rings. The van der Waals surface area contributed by atoms with Crippen LogP contribution in [0.15, 0.2) is 18.2 Å². The number of ether oxygens (including phenoxy) is 1. The van der Waals surface area contributed by atoms with E-state index in [0.717, 1.165) is 24.8 Å². The lowest BCUT2D eigenvalue weighted by atomic mass is 9.90. The van der Waals surface area contributed by atoms with Crippen LogP contribution in [-0.4, -0.2) is 12.6 Å². The van der Waals surface area contributed by atoms with Gasteiger partial charge in [0.1, 0.15) is 11.6 Å². The molecular formula is C17H25FN2O. The Hall–Kier alpha value is -1.60. The maximum Gasteiger partial charge on any atom is 0.127 e. The summed E-state index contributed by atoms with van der Waals surface area (Å²) in [6, 6.07) is 7.02. The molecule has 1 aromatic carbocycles. The fourth-order valence-electron chi connectivity index (χ4n) is 2.03. The van der Waals surface area contributed by atoms with Gasteiger partial charge in [0, 0.05) is 12.1 Å². The molecule has 0 amide bonds. The van der Waals surface area contributed by atoms with Crippen molar-refractivity contribution in [1.29, 1.82) is 5.26 Å². The minimum atomic E-state index is -0.343. The predicted molar refractivity (Wildman–Crippen MR) is 82.5 cm³/mol. The van der Waals surface area contributed by atoms with E-state index in [-0.39, 0.29) is 17.3 Å². The summed E-state index contributed by atoms with van der Waals surface area (Å²) in [7, 11) is 0. The fourth-order valence-corrected chi connectivity index (χ4v) is 2.03. The molecule has 1 atom stereocenters. The molecule has 0 bridgehead atoms. The first-order valence-corrected chi connectivity index (χ1v) is 7.45. The van der Waals surface area contributed by atoms with Crippen LogP contribution in [0.2, 0.25) is 0 Å². The number of hydrogen-bond acceptors (Lipinski definition) is 3. The second-order valence-corrected chi connectivity index (χ2v) is 6.12. The third-order valence-corrected chi connectivity index (χ3v) is 3.47. The molecule has 1 unspecified atom stereocenters. The van der Waals surface area contributed by atoms with Crippen LogP contribution >= 0.6 is 0 Å². The van der Waals surface area contributed by atoms with E-state index in [4.69, 9.17) is 15.7 Å². The monoisotopic (exact) mass is 292 g/mol. The molecule has 0 radical (unpaired) electrons. The van der Waals surface area contributed by atoms with Gasteiger partial charge in [-0.3, -0.25) is 0 Å². The van der Waals surface area contributed by atoms with Gasteiger partial charge in [-0.15, -0.1) is 0 Å². The lowest BCUT2D eigenvalue weighted by molar-refractivity contribution is 0.283. The molecule has 0 saturated carbocycles. The van der Waals surface area contributed by atoms with Crippen LogP contribution in [0.1, 0.15) is 45.6 Å². The van der Waals surface area contributed by atoms with E-state index in [0.29, 0.717) is 18.8 Å². The van der Waals surface area contributed by atoms with Crippen LogP contribution in [0.25, 0.3) is 0 Å². The van der Waals surface area contributed by atoms with E-state index in [2.05, 4.69) is 6.07 Å². The molecule has 0 saturated heterocycles. The number of rotatable bonds is 8. The molecule has 0 spiro atoms. The number of benzene rings is 1. The highest BCUT2D eigenvalue weighted by atomic mass is 19.1. The first-order chi connectivity index (χ1) is 9.86. The summed E-state index contributed by atoms with van der Waals surface area (Å²) in [5, 5.41) is 8.94. The highest BCUT2D eigenvalue weighted by Gasteiger charge is 2.15. The van der Waals surface area contributed by atoms with Crippen LogP contribution in [0.3, 0.4) is 0 Å². The smallest absolute Gasteiger partial charge is 0.127 e. The number of nitrogens with zero attached hydrogens (tertiary/aromatic N) is 1. The van der Waals surface area contributed by atoms with E-state index < -0.39 is 0 Å². The highest BCUT2D eigenvalue weighted by molar-refractivity contribution is 5.30.